The van der Waals surface area contributed by atoms with Crippen LogP contribution in [0.1, 0.15) is 5.56 Å². The van der Waals surface area contributed by atoms with E-state index >= 15 is 0 Å². The SMILES string of the molecule is Cc1ccc(N(CC(=O)Nc2ccc(N3CCN(C)CC3)cc2)S(=O)(=O)c2ccc(F)cc2)cc1. The van der Waals surface area contributed by atoms with Crippen molar-refractivity contribution in [3.8, 4) is 0 Å². The van der Waals surface area contributed by atoms with Crippen LogP contribution in [0.3, 0.4) is 0 Å². The lowest BCUT2D eigenvalue weighted by Crippen LogP contribution is -2.44. The first-order chi connectivity index (χ1) is 16.7. The minimum atomic E-state index is -4.10. The number of carbonyl (C=O) groups excluding carboxylic acids is 1. The molecular formula is C26H29FN4O3S. The molecule has 1 aliphatic rings. The lowest BCUT2D eigenvalue weighted by Gasteiger charge is -2.34. The average molecular weight is 497 g/mol. The molecule has 1 saturated heterocycles. The van der Waals surface area contributed by atoms with E-state index < -0.39 is 28.3 Å². The summed E-state index contributed by atoms with van der Waals surface area (Å²) in [5, 5.41) is 2.79. The van der Waals surface area contributed by atoms with Crippen molar-refractivity contribution in [2.75, 3.05) is 54.3 Å². The Balaban J connectivity index is 1.51. The summed E-state index contributed by atoms with van der Waals surface area (Å²) in [6.45, 7) is 5.33. The highest BCUT2D eigenvalue weighted by Crippen LogP contribution is 2.25. The van der Waals surface area contributed by atoms with Crippen molar-refractivity contribution in [3.63, 3.8) is 0 Å². The molecule has 0 spiro atoms. The molecule has 1 N–H and O–H groups in total. The van der Waals surface area contributed by atoms with Crippen LogP contribution in [0.4, 0.5) is 21.5 Å². The van der Waals surface area contributed by atoms with Gasteiger partial charge >= 0.3 is 0 Å². The van der Waals surface area contributed by atoms with Gasteiger partial charge in [-0.2, -0.15) is 0 Å². The van der Waals surface area contributed by atoms with Crippen molar-refractivity contribution in [1.82, 2.24) is 4.90 Å². The highest BCUT2D eigenvalue weighted by molar-refractivity contribution is 7.92. The van der Waals surface area contributed by atoms with Gasteiger partial charge in [-0.05, 0) is 74.6 Å². The van der Waals surface area contributed by atoms with E-state index in [4.69, 9.17) is 0 Å². The van der Waals surface area contributed by atoms with E-state index in [2.05, 4.69) is 22.2 Å². The standard InChI is InChI=1S/C26H29FN4O3S/c1-20-3-9-24(10-4-20)31(35(33,34)25-13-5-21(27)6-14-25)19-26(32)28-22-7-11-23(12-8-22)30-17-15-29(2)16-18-30/h3-14H,15-19H2,1-2H3,(H,28,32). The van der Waals surface area contributed by atoms with Gasteiger partial charge in [0.2, 0.25) is 5.91 Å². The Morgan fingerprint density at radius 1 is 0.914 bits per heavy atom. The molecule has 0 atom stereocenters. The molecule has 0 aliphatic carbocycles. The van der Waals surface area contributed by atoms with Gasteiger partial charge < -0.3 is 15.1 Å². The lowest BCUT2D eigenvalue weighted by atomic mass is 10.2. The molecule has 0 radical (unpaired) electrons. The Bertz CT molecular complexity index is 1260. The van der Waals surface area contributed by atoms with E-state index in [9.17, 15) is 17.6 Å². The minimum absolute atomic E-state index is 0.0937. The van der Waals surface area contributed by atoms with Crippen LogP contribution in [0.25, 0.3) is 0 Å². The number of nitrogens with zero attached hydrogens (tertiary/aromatic N) is 3. The molecule has 3 aromatic carbocycles. The second-order valence-electron chi connectivity index (χ2n) is 8.69. The number of carbonyl (C=O) groups is 1. The van der Waals surface area contributed by atoms with E-state index in [-0.39, 0.29) is 4.90 Å². The van der Waals surface area contributed by atoms with E-state index in [1.807, 2.05) is 31.2 Å². The summed E-state index contributed by atoms with van der Waals surface area (Å²) < 4.78 is 41.2. The smallest absolute Gasteiger partial charge is 0.264 e. The molecule has 0 saturated carbocycles. The molecule has 1 heterocycles. The minimum Gasteiger partial charge on any atom is -0.369 e. The van der Waals surface area contributed by atoms with Crippen LogP contribution in [0.2, 0.25) is 0 Å². The monoisotopic (exact) mass is 496 g/mol. The van der Waals surface area contributed by atoms with Crippen LogP contribution in [0.5, 0.6) is 0 Å². The zero-order chi connectivity index (χ0) is 25.0. The molecule has 4 rings (SSSR count). The molecule has 0 unspecified atom stereocenters. The Morgan fingerprint density at radius 3 is 2.11 bits per heavy atom. The number of amides is 1. The third-order valence-corrected chi connectivity index (χ3v) is 7.82. The zero-order valence-electron chi connectivity index (χ0n) is 19.8. The van der Waals surface area contributed by atoms with Gasteiger partial charge in [0, 0.05) is 37.6 Å². The number of benzene rings is 3. The van der Waals surface area contributed by atoms with Gasteiger partial charge in [0.25, 0.3) is 10.0 Å². The molecular weight excluding hydrogens is 467 g/mol. The van der Waals surface area contributed by atoms with Crippen molar-refractivity contribution in [2.45, 2.75) is 11.8 Å². The van der Waals surface area contributed by atoms with Gasteiger partial charge in [0.1, 0.15) is 12.4 Å². The summed E-state index contributed by atoms with van der Waals surface area (Å²) in [6.07, 6.45) is 0. The Labute approximate surface area is 205 Å². The first-order valence-corrected chi connectivity index (χ1v) is 12.8. The number of hydrogen-bond donors (Lipinski definition) is 1. The van der Waals surface area contributed by atoms with Gasteiger partial charge in [-0.3, -0.25) is 9.10 Å². The zero-order valence-corrected chi connectivity index (χ0v) is 20.6. The fourth-order valence-corrected chi connectivity index (χ4v) is 5.33. The van der Waals surface area contributed by atoms with E-state index in [1.54, 1.807) is 24.3 Å². The topological polar surface area (TPSA) is 73.0 Å². The van der Waals surface area contributed by atoms with Gasteiger partial charge in [-0.15, -0.1) is 0 Å². The third kappa shape index (κ3) is 5.98. The van der Waals surface area contributed by atoms with Gasteiger partial charge in [0.15, 0.2) is 0 Å². The Hall–Kier alpha value is -3.43. The second-order valence-corrected chi connectivity index (χ2v) is 10.5. The average Bonchev–Trinajstić information content (AvgIpc) is 2.84. The molecule has 35 heavy (non-hydrogen) atoms. The van der Waals surface area contributed by atoms with Crippen molar-refractivity contribution in [3.05, 3.63) is 84.2 Å². The summed E-state index contributed by atoms with van der Waals surface area (Å²) in [6, 6.07) is 18.9. The van der Waals surface area contributed by atoms with Crippen molar-refractivity contribution in [2.24, 2.45) is 0 Å². The fraction of sp³-hybridized carbons (Fsp3) is 0.269. The third-order valence-electron chi connectivity index (χ3n) is 6.03. The van der Waals surface area contributed by atoms with Crippen LogP contribution in [-0.2, 0) is 14.8 Å². The second kappa shape index (κ2) is 10.5. The van der Waals surface area contributed by atoms with Crippen LogP contribution in [0, 0.1) is 12.7 Å². The van der Waals surface area contributed by atoms with Crippen LogP contribution < -0.4 is 14.5 Å². The van der Waals surface area contributed by atoms with Crippen molar-refractivity contribution in [1.29, 1.82) is 0 Å². The maximum atomic E-state index is 13.4. The largest absolute Gasteiger partial charge is 0.369 e. The predicted octanol–water partition coefficient (Wildman–Crippen LogP) is 3.72. The number of anilines is 3. The number of likely N-dealkylation sites (N-methyl/N-ethyl adjacent to an activating group) is 1. The number of halogens is 1. The molecule has 1 amide bonds. The molecule has 9 heteroatoms. The predicted molar refractivity (Wildman–Crippen MR) is 137 cm³/mol. The van der Waals surface area contributed by atoms with Crippen LogP contribution >= 0.6 is 0 Å². The van der Waals surface area contributed by atoms with E-state index in [0.29, 0.717) is 11.4 Å². The summed E-state index contributed by atoms with van der Waals surface area (Å²) in [4.78, 5) is 17.4. The molecule has 0 bridgehead atoms. The molecule has 3 aromatic rings. The Morgan fingerprint density at radius 2 is 1.51 bits per heavy atom. The van der Waals surface area contributed by atoms with Gasteiger partial charge in [-0.25, -0.2) is 12.8 Å². The van der Waals surface area contributed by atoms with E-state index in [1.165, 1.54) is 12.1 Å². The number of aryl methyl sites for hydroxylation is 1. The van der Waals surface area contributed by atoms with E-state index in [0.717, 1.165) is 53.9 Å². The first-order valence-electron chi connectivity index (χ1n) is 11.4. The fourth-order valence-electron chi connectivity index (χ4n) is 3.91. The van der Waals surface area contributed by atoms with Crippen molar-refractivity contribution >= 4 is 33.0 Å². The number of sulfonamides is 1. The highest BCUT2D eigenvalue weighted by Gasteiger charge is 2.27. The summed E-state index contributed by atoms with van der Waals surface area (Å²) >= 11 is 0. The molecule has 0 aromatic heterocycles. The van der Waals surface area contributed by atoms with Crippen LogP contribution in [0.15, 0.2) is 77.7 Å². The quantitative estimate of drug-likeness (QED) is 0.540. The Kier molecular flexibility index (Phi) is 7.37. The number of nitrogens with one attached hydrogen (secondary N) is 1. The maximum Gasteiger partial charge on any atom is 0.264 e. The normalized spacial score (nSPS) is 14.5. The maximum absolute atomic E-state index is 13.4. The summed E-state index contributed by atoms with van der Waals surface area (Å²) in [5.74, 6) is -1.02. The lowest BCUT2D eigenvalue weighted by molar-refractivity contribution is -0.114. The number of hydrogen-bond acceptors (Lipinski definition) is 5. The summed E-state index contributed by atoms with van der Waals surface area (Å²) in [7, 11) is -2.00. The number of piperazine rings is 1. The molecule has 1 aliphatic heterocycles. The number of rotatable bonds is 7. The van der Waals surface area contributed by atoms with Gasteiger partial charge in [0.05, 0.1) is 10.6 Å². The van der Waals surface area contributed by atoms with Crippen molar-refractivity contribution < 1.29 is 17.6 Å². The van der Waals surface area contributed by atoms with Gasteiger partial charge in [-0.1, -0.05) is 17.7 Å². The molecule has 1 fully saturated rings. The first kappa shape index (κ1) is 24.7. The highest BCUT2D eigenvalue weighted by atomic mass is 32.2. The molecule has 184 valence electrons. The van der Waals surface area contributed by atoms with Crippen LogP contribution in [-0.4, -0.2) is 59.0 Å². The molecule has 7 nitrogen and oxygen atoms in total. The summed E-state index contributed by atoms with van der Waals surface area (Å²) in [5.41, 5.74) is 2.96.